The molecule has 1 rings (SSSR count). The van der Waals surface area contributed by atoms with Gasteiger partial charge in [0.05, 0.1) is 12.7 Å². The molecule has 0 bridgehead atoms. The maximum Gasteiger partial charge on any atom is 0.270 e. The first-order valence-corrected chi connectivity index (χ1v) is 4.08. The second-order valence-electron chi connectivity index (χ2n) is 2.75. The lowest BCUT2D eigenvalue weighted by molar-refractivity contribution is 0.0993. The van der Waals surface area contributed by atoms with Crippen molar-refractivity contribution in [2.45, 2.75) is 6.43 Å². The Bertz CT molecular complexity index is 469. The zero-order valence-corrected chi connectivity index (χ0v) is 8.20. The monoisotopic (exact) mass is 227 g/mol. The average Bonchev–Trinajstić information content (AvgIpc) is 2.26. The van der Waals surface area contributed by atoms with Crippen molar-refractivity contribution in [1.29, 1.82) is 5.26 Å². The Labute approximate surface area is 89.4 Å². The average molecular weight is 227 g/mol. The summed E-state index contributed by atoms with van der Waals surface area (Å²) < 4.78 is 29.9. The lowest BCUT2D eigenvalue weighted by Gasteiger charge is -2.09. The number of hydrogen-bond donors (Lipinski definition) is 1. The van der Waals surface area contributed by atoms with E-state index in [0.29, 0.717) is 0 Å². The van der Waals surface area contributed by atoms with Crippen molar-refractivity contribution in [3.05, 3.63) is 23.0 Å². The highest BCUT2D eigenvalue weighted by atomic mass is 19.3. The summed E-state index contributed by atoms with van der Waals surface area (Å²) in [5, 5.41) is 8.64. The third-order valence-corrected chi connectivity index (χ3v) is 1.82. The molecule has 0 atom stereocenters. The molecule has 0 aliphatic rings. The van der Waals surface area contributed by atoms with Crippen molar-refractivity contribution < 1.29 is 18.3 Å². The first-order chi connectivity index (χ1) is 7.51. The van der Waals surface area contributed by atoms with Crippen molar-refractivity contribution in [2.75, 3.05) is 7.11 Å². The number of nitriles is 1. The summed E-state index contributed by atoms with van der Waals surface area (Å²) in [7, 11) is 1.15. The second kappa shape index (κ2) is 4.53. The molecule has 0 radical (unpaired) electrons. The van der Waals surface area contributed by atoms with Crippen LogP contribution in [0.5, 0.6) is 5.75 Å². The number of nitrogens with two attached hydrogens (primary N) is 1. The van der Waals surface area contributed by atoms with Gasteiger partial charge in [-0.15, -0.1) is 0 Å². The van der Waals surface area contributed by atoms with Crippen LogP contribution >= 0.6 is 0 Å². The number of carbonyl (C=O) groups excluding carboxylic acids is 1. The van der Waals surface area contributed by atoms with Gasteiger partial charge in [0.1, 0.15) is 17.5 Å². The molecule has 0 aliphatic heterocycles. The number of hydrogen-bond acceptors (Lipinski definition) is 4. The summed E-state index contributed by atoms with van der Waals surface area (Å²) in [4.78, 5) is 14.3. The van der Waals surface area contributed by atoms with Gasteiger partial charge >= 0.3 is 0 Å². The predicted molar refractivity (Wildman–Crippen MR) is 49.0 cm³/mol. The molecule has 0 fully saturated rings. The van der Waals surface area contributed by atoms with Crippen LogP contribution in [0.1, 0.15) is 28.2 Å². The van der Waals surface area contributed by atoms with E-state index < -0.39 is 23.6 Å². The first kappa shape index (κ1) is 11.8. The number of ether oxygens (including phenoxy) is 1. The molecule has 0 saturated heterocycles. The van der Waals surface area contributed by atoms with Gasteiger partial charge in [0.15, 0.2) is 5.69 Å². The van der Waals surface area contributed by atoms with Gasteiger partial charge in [-0.3, -0.25) is 4.79 Å². The largest absolute Gasteiger partial charge is 0.496 e. The minimum Gasteiger partial charge on any atom is -0.496 e. The van der Waals surface area contributed by atoms with E-state index in [-0.39, 0.29) is 11.4 Å². The van der Waals surface area contributed by atoms with Gasteiger partial charge in [0.2, 0.25) is 0 Å². The molecule has 0 saturated carbocycles. The number of pyridine rings is 1. The van der Waals surface area contributed by atoms with Crippen LogP contribution in [-0.4, -0.2) is 18.0 Å². The fourth-order valence-electron chi connectivity index (χ4n) is 1.12. The van der Waals surface area contributed by atoms with E-state index in [1.807, 2.05) is 0 Å². The number of aromatic nitrogens is 1. The fourth-order valence-corrected chi connectivity index (χ4v) is 1.12. The molecule has 0 aliphatic carbocycles. The SMILES string of the molecule is COc1cc(C(N)=O)nc(C#N)c1C(F)F. The van der Waals surface area contributed by atoms with Gasteiger partial charge in [-0.25, -0.2) is 13.8 Å². The second-order valence-corrected chi connectivity index (χ2v) is 2.75. The molecule has 1 amide bonds. The summed E-state index contributed by atoms with van der Waals surface area (Å²) in [6.45, 7) is 0. The van der Waals surface area contributed by atoms with Crippen LogP contribution in [0.4, 0.5) is 8.78 Å². The Morgan fingerprint density at radius 2 is 2.31 bits per heavy atom. The van der Waals surface area contributed by atoms with E-state index in [4.69, 9.17) is 11.0 Å². The number of amides is 1. The van der Waals surface area contributed by atoms with Crippen molar-refractivity contribution in [2.24, 2.45) is 5.73 Å². The molecular weight excluding hydrogens is 220 g/mol. The van der Waals surface area contributed by atoms with E-state index in [2.05, 4.69) is 9.72 Å². The van der Waals surface area contributed by atoms with Crippen LogP contribution in [0.3, 0.4) is 0 Å². The van der Waals surface area contributed by atoms with E-state index >= 15 is 0 Å². The number of halogens is 2. The molecule has 16 heavy (non-hydrogen) atoms. The number of methoxy groups -OCH3 is 1. The van der Waals surface area contributed by atoms with Crippen LogP contribution in [0.25, 0.3) is 0 Å². The molecular formula is C9H7F2N3O2. The van der Waals surface area contributed by atoms with Gasteiger partial charge in [-0.1, -0.05) is 0 Å². The van der Waals surface area contributed by atoms with Crippen LogP contribution < -0.4 is 10.5 Å². The van der Waals surface area contributed by atoms with Crippen molar-refractivity contribution >= 4 is 5.91 Å². The van der Waals surface area contributed by atoms with E-state index in [1.54, 1.807) is 0 Å². The summed E-state index contributed by atoms with van der Waals surface area (Å²) in [5.41, 5.74) is 3.43. The highest BCUT2D eigenvalue weighted by molar-refractivity contribution is 5.91. The highest BCUT2D eigenvalue weighted by Gasteiger charge is 2.22. The van der Waals surface area contributed by atoms with Crippen LogP contribution in [-0.2, 0) is 0 Å². The molecule has 1 aromatic heterocycles. The number of primary amides is 1. The van der Waals surface area contributed by atoms with Gasteiger partial charge in [-0.2, -0.15) is 5.26 Å². The van der Waals surface area contributed by atoms with E-state index in [1.165, 1.54) is 6.07 Å². The standard InChI is InChI=1S/C9H7F2N3O2/c1-16-6-2-4(9(13)15)14-5(3-12)7(6)8(10)11/h2,8H,1H3,(H2,13,15). The molecule has 2 N–H and O–H groups in total. The topological polar surface area (TPSA) is 89.0 Å². The molecule has 0 unspecified atom stereocenters. The lowest BCUT2D eigenvalue weighted by atomic mass is 10.1. The lowest BCUT2D eigenvalue weighted by Crippen LogP contribution is -2.15. The van der Waals surface area contributed by atoms with Crippen LogP contribution in [0.15, 0.2) is 6.07 Å². The Balaban J connectivity index is 3.51. The summed E-state index contributed by atoms with van der Waals surface area (Å²) in [6, 6.07) is 2.44. The first-order valence-electron chi connectivity index (χ1n) is 4.08. The fraction of sp³-hybridized carbons (Fsp3) is 0.222. The number of carbonyl (C=O) groups is 1. The normalized spacial score (nSPS) is 9.94. The quantitative estimate of drug-likeness (QED) is 0.834. The van der Waals surface area contributed by atoms with Crippen LogP contribution in [0, 0.1) is 11.3 Å². The van der Waals surface area contributed by atoms with Gasteiger partial charge < -0.3 is 10.5 Å². The molecule has 0 aromatic carbocycles. The minimum atomic E-state index is -2.92. The molecule has 1 aromatic rings. The number of alkyl halides is 2. The van der Waals surface area contributed by atoms with Gasteiger partial charge in [0, 0.05) is 6.07 Å². The smallest absolute Gasteiger partial charge is 0.270 e. The Morgan fingerprint density at radius 1 is 1.69 bits per heavy atom. The van der Waals surface area contributed by atoms with Crippen molar-refractivity contribution in [3.8, 4) is 11.8 Å². The Morgan fingerprint density at radius 3 is 2.69 bits per heavy atom. The number of rotatable bonds is 3. The zero-order valence-electron chi connectivity index (χ0n) is 8.20. The van der Waals surface area contributed by atoms with Crippen molar-refractivity contribution in [1.82, 2.24) is 4.98 Å². The summed E-state index contributed by atoms with van der Waals surface area (Å²) >= 11 is 0. The van der Waals surface area contributed by atoms with Gasteiger partial charge in [0.25, 0.3) is 12.3 Å². The molecule has 7 heteroatoms. The van der Waals surface area contributed by atoms with Gasteiger partial charge in [-0.05, 0) is 0 Å². The van der Waals surface area contributed by atoms with Crippen molar-refractivity contribution in [3.63, 3.8) is 0 Å². The number of nitrogens with zero attached hydrogens (tertiary/aromatic N) is 2. The Hall–Kier alpha value is -2.23. The maximum absolute atomic E-state index is 12.6. The molecule has 84 valence electrons. The highest BCUT2D eigenvalue weighted by Crippen LogP contribution is 2.31. The molecule has 0 spiro atoms. The summed E-state index contributed by atoms with van der Waals surface area (Å²) in [5.74, 6) is -1.20. The molecule has 1 heterocycles. The minimum absolute atomic E-state index is 0.282. The third-order valence-electron chi connectivity index (χ3n) is 1.82. The predicted octanol–water partition coefficient (Wildman–Crippen LogP) is 0.998. The van der Waals surface area contributed by atoms with E-state index in [0.717, 1.165) is 13.2 Å². The Kier molecular flexibility index (Phi) is 3.35. The molecule has 5 nitrogen and oxygen atoms in total. The van der Waals surface area contributed by atoms with E-state index in [9.17, 15) is 13.6 Å². The third kappa shape index (κ3) is 2.06. The zero-order chi connectivity index (χ0) is 12.3. The van der Waals surface area contributed by atoms with Crippen LogP contribution in [0.2, 0.25) is 0 Å². The maximum atomic E-state index is 12.6. The summed E-state index contributed by atoms with van der Waals surface area (Å²) in [6.07, 6.45) is -2.92.